The van der Waals surface area contributed by atoms with Crippen molar-refractivity contribution in [3.05, 3.63) is 36.0 Å². The molecule has 21 heavy (non-hydrogen) atoms. The molecule has 1 aromatic carbocycles. The SMILES string of the molecule is CCN(C(=O)c1ccc2cc[nH]c2c1)C1CCC(N)CC1. The van der Waals surface area contributed by atoms with Gasteiger partial charge in [-0.05, 0) is 56.2 Å². The van der Waals surface area contributed by atoms with Gasteiger partial charge in [0, 0.05) is 35.9 Å². The molecule has 1 saturated carbocycles. The van der Waals surface area contributed by atoms with Gasteiger partial charge in [0.1, 0.15) is 0 Å². The van der Waals surface area contributed by atoms with Crippen LogP contribution >= 0.6 is 0 Å². The highest BCUT2D eigenvalue weighted by Crippen LogP contribution is 2.24. The fourth-order valence-electron chi connectivity index (χ4n) is 3.33. The summed E-state index contributed by atoms with van der Waals surface area (Å²) in [6, 6.07) is 8.55. The molecule has 1 heterocycles. The third-order valence-corrected chi connectivity index (χ3v) is 4.59. The molecule has 0 aliphatic heterocycles. The van der Waals surface area contributed by atoms with E-state index in [2.05, 4.69) is 11.9 Å². The normalized spacial score (nSPS) is 22.4. The van der Waals surface area contributed by atoms with Gasteiger partial charge in [-0.2, -0.15) is 0 Å². The van der Waals surface area contributed by atoms with Crippen molar-refractivity contribution >= 4 is 16.8 Å². The highest BCUT2D eigenvalue weighted by atomic mass is 16.2. The van der Waals surface area contributed by atoms with Crippen LogP contribution in [0.2, 0.25) is 0 Å². The van der Waals surface area contributed by atoms with Gasteiger partial charge < -0.3 is 15.6 Å². The van der Waals surface area contributed by atoms with Crippen molar-refractivity contribution in [2.45, 2.75) is 44.7 Å². The molecule has 1 aromatic heterocycles. The lowest BCUT2D eigenvalue weighted by atomic mass is 9.90. The van der Waals surface area contributed by atoms with Crippen LogP contribution < -0.4 is 5.73 Å². The summed E-state index contributed by atoms with van der Waals surface area (Å²) in [5, 5.41) is 1.14. The second kappa shape index (κ2) is 5.90. The Morgan fingerprint density at radius 1 is 1.29 bits per heavy atom. The molecule has 4 heteroatoms. The Morgan fingerprint density at radius 2 is 2.05 bits per heavy atom. The van der Waals surface area contributed by atoms with Gasteiger partial charge in [0.15, 0.2) is 0 Å². The average molecular weight is 285 g/mol. The van der Waals surface area contributed by atoms with Crippen LogP contribution in [0.1, 0.15) is 43.0 Å². The van der Waals surface area contributed by atoms with Crippen LogP contribution in [-0.4, -0.2) is 34.4 Å². The number of hydrogen-bond acceptors (Lipinski definition) is 2. The molecular formula is C17H23N3O. The zero-order valence-corrected chi connectivity index (χ0v) is 12.5. The number of benzene rings is 1. The lowest BCUT2D eigenvalue weighted by molar-refractivity contribution is 0.0641. The molecular weight excluding hydrogens is 262 g/mol. The number of hydrogen-bond donors (Lipinski definition) is 2. The maximum absolute atomic E-state index is 12.8. The van der Waals surface area contributed by atoms with E-state index >= 15 is 0 Å². The van der Waals surface area contributed by atoms with Gasteiger partial charge in [0.05, 0.1) is 0 Å². The minimum atomic E-state index is 0.134. The quantitative estimate of drug-likeness (QED) is 0.911. The van der Waals surface area contributed by atoms with Gasteiger partial charge in [-0.1, -0.05) is 6.07 Å². The lowest BCUT2D eigenvalue weighted by Gasteiger charge is -2.35. The number of amides is 1. The largest absolute Gasteiger partial charge is 0.361 e. The number of fused-ring (bicyclic) bond motifs is 1. The van der Waals surface area contributed by atoms with E-state index < -0.39 is 0 Å². The number of nitrogens with two attached hydrogens (primary N) is 1. The smallest absolute Gasteiger partial charge is 0.254 e. The van der Waals surface area contributed by atoms with Crippen LogP contribution in [0.25, 0.3) is 10.9 Å². The van der Waals surface area contributed by atoms with Crippen molar-refractivity contribution in [2.24, 2.45) is 5.73 Å². The number of carbonyl (C=O) groups excluding carboxylic acids is 1. The fourth-order valence-corrected chi connectivity index (χ4v) is 3.33. The first kappa shape index (κ1) is 14.1. The van der Waals surface area contributed by atoms with E-state index in [0.717, 1.165) is 48.7 Å². The zero-order valence-electron chi connectivity index (χ0n) is 12.5. The molecule has 0 unspecified atom stereocenters. The Bertz CT molecular complexity index is 626. The number of carbonyl (C=O) groups is 1. The molecule has 0 bridgehead atoms. The summed E-state index contributed by atoms with van der Waals surface area (Å²) in [5.41, 5.74) is 7.75. The number of aromatic nitrogens is 1. The standard InChI is InChI=1S/C17H23N3O/c1-2-20(15-7-5-14(18)6-8-15)17(21)13-4-3-12-9-10-19-16(12)11-13/h3-4,9-11,14-15,19H,2,5-8,18H2,1H3. The van der Waals surface area contributed by atoms with Gasteiger partial charge in [0.25, 0.3) is 5.91 Å². The van der Waals surface area contributed by atoms with Crippen molar-refractivity contribution in [3.63, 3.8) is 0 Å². The van der Waals surface area contributed by atoms with Crippen LogP contribution in [-0.2, 0) is 0 Å². The van der Waals surface area contributed by atoms with E-state index in [9.17, 15) is 4.79 Å². The Kier molecular flexibility index (Phi) is 3.97. The van der Waals surface area contributed by atoms with Gasteiger partial charge in [-0.15, -0.1) is 0 Å². The van der Waals surface area contributed by atoms with E-state index in [1.54, 1.807) is 0 Å². The highest BCUT2D eigenvalue weighted by molar-refractivity contribution is 5.98. The summed E-state index contributed by atoms with van der Waals surface area (Å²) in [5.74, 6) is 0.134. The van der Waals surface area contributed by atoms with Crippen molar-refractivity contribution in [2.75, 3.05) is 6.54 Å². The molecule has 0 radical (unpaired) electrons. The van der Waals surface area contributed by atoms with Crippen molar-refractivity contribution in [1.29, 1.82) is 0 Å². The first-order valence-electron chi connectivity index (χ1n) is 7.82. The summed E-state index contributed by atoms with van der Waals surface area (Å²) in [4.78, 5) is 18.0. The summed E-state index contributed by atoms with van der Waals surface area (Å²) >= 11 is 0. The Balaban J connectivity index is 1.80. The number of aromatic amines is 1. The van der Waals surface area contributed by atoms with Gasteiger partial charge in [-0.3, -0.25) is 4.79 Å². The second-order valence-corrected chi connectivity index (χ2v) is 5.94. The average Bonchev–Trinajstić information content (AvgIpc) is 2.97. The maximum Gasteiger partial charge on any atom is 0.254 e. The van der Waals surface area contributed by atoms with E-state index in [1.807, 2.05) is 35.4 Å². The summed E-state index contributed by atoms with van der Waals surface area (Å²) in [7, 11) is 0. The Hall–Kier alpha value is -1.81. The monoisotopic (exact) mass is 285 g/mol. The van der Waals surface area contributed by atoms with Crippen LogP contribution in [0, 0.1) is 0 Å². The predicted octanol–water partition coefficient (Wildman–Crippen LogP) is 2.90. The van der Waals surface area contributed by atoms with E-state index in [1.165, 1.54) is 0 Å². The molecule has 3 N–H and O–H groups in total. The van der Waals surface area contributed by atoms with E-state index in [4.69, 9.17) is 5.73 Å². The lowest BCUT2D eigenvalue weighted by Crippen LogP contribution is -2.44. The topological polar surface area (TPSA) is 62.1 Å². The molecule has 1 amide bonds. The number of nitrogens with one attached hydrogen (secondary N) is 1. The van der Waals surface area contributed by atoms with E-state index in [0.29, 0.717) is 12.1 Å². The first-order chi connectivity index (χ1) is 10.2. The fraction of sp³-hybridized carbons (Fsp3) is 0.471. The summed E-state index contributed by atoms with van der Waals surface area (Å²) in [6.45, 7) is 2.81. The Morgan fingerprint density at radius 3 is 2.76 bits per heavy atom. The maximum atomic E-state index is 12.8. The molecule has 0 saturated heterocycles. The van der Waals surface area contributed by atoms with Crippen molar-refractivity contribution in [1.82, 2.24) is 9.88 Å². The van der Waals surface area contributed by atoms with Gasteiger partial charge >= 0.3 is 0 Å². The molecule has 112 valence electrons. The number of nitrogens with zero attached hydrogens (tertiary/aromatic N) is 1. The number of rotatable bonds is 3. The van der Waals surface area contributed by atoms with Crippen LogP contribution in [0.4, 0.5) is 0 Å². The minimum absolute atomic E-state index is 0.134. The Labute approximate surface area is 125 Å². The number of H-pyrrole nitrogens is 1. The van der Waals surface area contributed by atoms with Crippen molar-refractivity contribution < 1.29 is 4.79 Å². The third-order valence-electron chi connectivity index (χ3n) is 4.59. The minimum Gasteiger partial charge on any atom is -0.361 e. The van der Waals surface area contributed by atoms with E-state index in [-0.39, 0.29) is 5.91 Å². The van der Waals surface area contributed by atoms with Crippen molar-refractivity contribution in [3.8, 4) is 0 Å². The van der Waals surface area contributed by atoms with Crippen LogP contribution in [0.3, 0.4) is 0 Å². The van der Waals surface area contributed by atoms with Gasteiger partial charge in [0.2, 0.25) is 0 Å². The second-order valence-electron chi connectivity index (χ2n) is 5.94. The zero-order chi connectivity index (χ0) is 14.8. The highest BCUT2D eigenvalue weighted by Gasteiger charge is 2.27. The third kappa shape index (κ3) is 2.81. The first-order valence-corrected chi connectivity index (χ1v) is 7.82. The molecule has 1 fully saturated rings. The molecule has 0 spiro atoms. The molecule has 1 aliphatic carbocycles. The molecule has 3 rings (SSSR count). The van der Waals surface area contributed by atoms with Crippen LogP contribution in [0.15, 0.2) is 30.5 Å². The molecule has 0 atom stereocenters. The molecule has 4 nitrogen and oxygen atoms in total. The van der Waals surface area contributed by atoms with Gasteiger partial charge in [-0.25, -0.2) is 0 Å². The molecule has 1 aliphatic rings. The van der Waals surface area contributed by atoms with Crippen LogP contribution in [0.5, 0.6) is 0 Å². The summed E-state index contributed by atoms with van der Waals surface area (Å²) in [6.07, 6.45) is 5.98. The summed E-state index contributed by atoms with van der Waals surface area (Å²) < 4.78 is 0. The predicted molar refractivity (Wildman–Crippen MR) is 85.2 cm³/mol. The molecule has 2 aromatic rings.